The van der Waals surface area contributed by atoms with Gasteiger partial charge in [0.2, 0.25) is 0 Å². The molecule has 18 heavy (non-hydrogen) atoms. The molecule has 0 spiro atoms. The zero-order valence-corrected chi connectivity index (χ0v) is 10.5. The van der Waals surface area contributed by atoms with Crippen molar-refractivity contribution in [2.24, 2.45) is 0 Å². The molecule has 0 saturated heterocycles. The van der Waals surface area contributed by atoms with Crippen molar-refractivity contribution in [3.05, 3.63) is 17.5 Å². The fourth-order valence-electron chi connectivity index (χ4n) is 1.17. The van der Waals surface area contributed by atoms with Gasteiger partial charge >= 0.3 is 6.36 Å². The Morgan fingerprint density at radius 1 is 1.39 bits per heavy atom. The van der Waals surface area contributed by atoms with Crippen molar-refractivity contribution < 1.29 is 31.4 Å². The second-order valence-electron chi connectivity index (χ2n) is 3.01. The summed E-state index contributed by atoms with van der Waals surface area (Å²) in [5.74, 6) is -1.57. The van der Waals surface area contributed by atoms with E-state index in [4.69, 9.17) is 0 Å². The van der Waals surface area contributed by atoms with Gasteiger partial charge in [-0.2, -0.15) is 0 Å². The molecule has 0 atom stereocenters. The monoisotopic (exact) mass is 335 g/mol. The number of pyridine rings is 1. The highest BCUT2D eigenvalue weighted by Crippen LogP contribution is 2.39. The third kappa shape index (κ3) is 3.69. The third-order valence-corrected chi connectivity index (χ3v) is 2.37. The first-order chi connectivity index (χ1) is 8.28. The van der Waals surface area contributed by atoms with Crippen molar-refractivity contribution in [2.75, 3.05) is 7.11 Å². The normalized spacial score (nSPS) is 11.8. The van der Waals surface area contributed by atoms with Crippen LogP contribution >= 0.6 is 15.9 Å². The molecule has 0 bridgehead atoms. The average Bonchev–Trinajstić information content (AvgIpc) is 2.26. The fraction of sp³-hybridized carbons (Fsp3) is 0.444. The van der Waals surface area contributed by atoms with Gasteiger partial charge in [0.15, 0.2) is 17.2 Å². The Kier molecular flexibility index (Phi) is 4.71. The number of aromatic nitrogens is 1. The minimum atomic E-state index is -5.10. The summed E-state index contributed by atoms with van der Waals surface area (Å²) in [6.45, 7) is 0. The largest absolute Gasteiger partial charge is 0.573 e. The summed E-state index contributed by atoms with van der Waals surface area (Å²) in [6.07, 6.45) is -8.32. The van der Waals surface area contributed by atoms with Gasteiger partial charge in [0, 0.05) is 11.4 Å². The molecule has 0 aliphatic carbocycles. The first-order valence-corrected chi connectivity index (χ1v) is 5.58. The predicted molar refractivity (Wildman–Crippen MR) is 55.1 cm³/mol. The van der Waals surface area contributed by atoms with Gasteiger partial charge in [0.05, 0.1) is 12.8 Å². The Morgan fingerprint density at radius 2 is 2.00 bits per heavy atom. The van der Waals surface area contributed by atoms with E-state index in [0.717, 1.165) is 13.2 Å². The molecular weight excluding hydrogens is 329 g/mol. The van der Waals surface area contributed by atoms with Crippen LogP contribution in [-0.2, 0) is 5.33 Å². The minimum absolute atomic E-state index is 0.0926. The Labute approximate surface area is 107 Å². The molecule has 1 heterocycles. The highest BCUT2D eigenvalue weighted by atomic mass is 79.9. The molecule has 3 nitrogen and oxygen atoms in total. The zero-order valence-electron chi connectivity index (χ0n) is 8.89. The molecule has 0 amide bonds. The molecule has 102 valence electrons. The van der Waals surface area contributed by atoms with Crippen LogP contribution in [-0.4, -0.2) is 18.5 Å². The number of rotatable bonds is 4. The van der Waals surface area contributed by atoms with Gasteiger partial charge < -0.3 is 9.47 Å². The molecule has 0 N–H and O–H groups in total. The molecule has 1 aromatic heterocycles. The summed E-state index contributed by atoms with van der Waals surface area (Å²) >= 11 is 2.96. The van der Waals surface area contributed by atoms with E-state index in [2.05, 4.69) is 30.4 Å². The summed E-state index contributed by atoms with van der Waals surface area (Å²) in [6, 6.07) is 1.09. The van der Waals surface area contributed by atoms with E-state index in [-0.39, 0.29) is 11.0 Å². The molecule has 0 aliphatic heterocycles. The number of hydrogen-bond acceptors (Lipinski definition) is 3. The highest BCUT2D eigenvalue weighted by Gasteiger charge is 2.36. The number of hydrogen-bond donors (Lipinski definition) is 0. The molecule has 0 saturated carbocycles. The lowest BCUT2D eigenvalue weighted by molar-refractivity contribution is -0.275. The Morgan fingerprint density at radius 3 is 2.39 bits per heavy atom. The highest BCUT2D eigenvalue weighted by molar-refractivity contribution is 9.08. The molecular formula is C9H7BrF5NO2. The van der Waals surface area contributed by atoms with Crippen molar-refractivity contribution in [3.8, 4) is 11.5 Å². The van der Waals surface area contributed by atoms with Gasteiger partial charge in [-0.15, -0.1) is 13.2 Å². The maximum atomic E-state index is 12.7. The molecule has 0 aromatic carbocycles. The van der Waals surface area contributed by atoms with Crippen LogP contribution in [0.2, 0.25) is 0 Å². The maximum Gasteiger partial charge on any atom is 0.573 e. The van der Waals surface area contributed by atoms with E-state index in [1.807, 2.05) is 0 Å². The van der Waals surface area contributed by atoms with Gasteiger partial charge in [-0.05, 0) is 0 Å². The third-order valence-electron chi connectivity index (χ3n) is 1.80. The lowest BCUT2D eigenvalue weighted by atomic mass is 10.2. The van der Waals surface area contributed by atoms with E-state index in [9.17, 15) is 22.0 Å². The second kappa shape index (κ2) is 5.68. The van der Waals surface area contributed by atoms with Crippen LogP contribution in [0.5, 0.6) is 11.5 Å². The van der Waals surface area contributed by atoms with Crippen molar-refractivity contribution in [2.45, 2.75) is 18.1 Å². The van der Waals surface area contributed by atoms with Crippen LogP contribution < -0.4 is 9.47 Å². The first-order valence-electron chi connectivity index (χ1n) is 4.46. The first kappa shape index (κ1) is 14.9. The standard InChI is InChI=1S/C9H7BrF5NO2/c1-17-5-2-4(3-10)16-6(8(11)12)7(5)18-9(13,14)15/h2,8H,3H2,1H3. The molecule has 0 aliphatic rings. The average molecular weight is 336 g/mol. The summed E-state index contributed by atoms with van der Waals surface area (Å²) in [4.78, 5) is 3.38. The SMILES string of the molecule is COc1cc(CBr)nc(C(F)F)c1OC(F)(F)F. The van der Waals surface area contributed by atoms with E-state index in [1.165, 1.54) is 0 Å². The molecule has 0 unspecified atom stereocenters. The topological polar surface area (TPSA) is 31.4 Å². The molecule has 0 fully saturated rings. The Bertz CT molecular complexity index is 424. The van der Waals surface area contributed by atoms with Gasteiger partial charge in [-0.25, -0.2) is 13.8 Å². The Balaban J connectivity index is 3.35. The van der Waals surface area contributed by atoms with Crippen LogP contribution in [0.25, 0.3) is 0 Å². The van der Waals surface area contributed by atoms with Crippen LogP contribution in [0, 0.1) is 0 Å². The van der Waals surface area contributed by atoms with Crippen molar-refractivity contribution >= 4 is 15.9 Å². The van der Waals surface area contributed by atoms with Gasteiger partial charge in [0.25, 0.3) is 6.43 Å². The lowest BCUT2D eigenvalue weighted by Crippen LogP contribution is -2.19. The summed E-state index contributed by atoms with van der Waals surface area (Å²) < 4.78 is 69.8. The van der Waals surface area contributed by atoms with E-state index < -0.39 is 30.0 Å². The van der Waals surface area contributed by atoms with Crippen LogP contribution in [0.4, 0.5) is 22.0 Å². The smallest absolute Gasteiger partial charge is 0.493 e. The molecule has 1 rings (SSSR count). The van der Waals surface area contributed by atoms with Crippen LogP contribution in [0.1, 0.15) is 17.8 Å². The van der Waals surface area contributed by atoms with Crippen molar-refractivity contribution in [1.82, 2.24) is 4.98 Å². The van der Waals surface area contributed by atoms with Crippen molar-refractivity contribution in [3.63, 3.8) is 0 Å². The van der Waals surface area contributed by atoms with Crippen molar-refractivity contribution in [1.29, 1.82) is 0 Å². The number of alkyl halides is 6. The second-order valence-corrected chi connectivity index (χ2v) is 3.57. The van der Waals surface area contributed by atoms with E-state index in [1.54, 1.807) is 0 Å². The van der Waals surface area contributed by atoms with Crippen LogP contribution in [0.15, 0.2) is 6.07 Å². The quantitative estimate of drug-likeness (QED) is 0.619. The molecule has 9 heteroatoms. The van der Waals surface area contributed by atoms with E-state index in [0.29, 0.717) is 0 Å². The zero-order chi connectivity index (χ0) is 13.9. The Hall–Kier alpha value is -1.12. The summed E-state index contributed by atoms with van der Waals surface area (Å²) in [5.41, 5.74) is -1.00. The summed E-state index contributed by atoms with van der Waals surface area (Å²) in [7, 11) is 1.05. The molecule has 1 aromatic rings. The lowest BCUT2D eigenvalue weighted by Gasteiger charge is -2.16. The van der Waals surface area contributed by atoms with Gasteiger partial charge in [-0.3, -0.25) is 0 Å². The number of methoxy groups -OCH3 is 1. The maximum absolute atomic E-state index is 12.7. The fourth-order valence-corrected chi connectivity index (χ4v) is 1.45. The van der Waals surface area contributed by atoms with Crippen LogP contribution in [0.3, 0.4) is 0 Å². The number of ether oxygens (including phenoxy) is 2. The number of halogens is 6. The molecule has 0 radical (unpaired) electrons. The minimum Gasteiger partial charge on any atom is -0.493 e. The van der Waals surface area contributed by atoms with E-state index >= 15 is 0 Å². The number of nitrogens with zero attached hydrogens (tertiary/aromatic N) is 1. The predicted octanol–water partition coefficient (Wildman–Crippen LogP) is 3.82. The van der Waals surface area contributed by atoms with Gasteiger partial charge in [0.1, 0.15) is 0 Å². The summed E-state index contributed by atoms with van der Waals surface area (Å²) in [5, 5.41) is 0.0926. The van der Waals surface area contributed by atoms with Gasteiger partial charge in [-0.1, -0.05) is 15.9 Å².